The van der Waals surface area contributed by atoms with Gasteiger partial charge >= 0.3 is 0 Å². The Morgan fingerprint density at radius 2 is 2.14 bits per heavy atom. The summed E-state index contributed by atoms with van der Waals surface area (Å²) in [5, 5.41) is 10.6. The van der Waals surface area contributed by atoms with Crippen LogP contribution in [0.1, 0.15) is 5.82 Å². The molecule has 3 rings (SSSR count). The number of para-hydroxylation sites is 2. The third-order valence-corrected chi connectivity index (χ3v) is 3.27. The maximum atomic E-state index is 11.9. The van der Waals surface area contributed by atoms with Gasteiger partial charge in [-0.05, 0) is 12.1 Å². The van der Waals surface area contributed by atoms with Gasteiger partial charge in [0.15, 0.2) is 0 Å². The Kier molecular flexibility index (Phi) is 3.19. The molecule has 0 spiro atoms. The number of rotatable bonds is 3. The number of benzene rings is 1. The second-order valence-electron chi connectivity index (χ2n) is 4.44. The number of imidazole rings is 1. The number of nitrogens with one attached hydrogen (secondary N) is 1. The minimum atomic E-state index is -0.597. The van der Waals surface area contributed by atoms with E-state index in [1.807, 2.05) is 24.3 Å². The highest BCUT2D eigenvalue weighted by Gasteiger charge is 2.13. The van der Waals surface area contributed by atoms with E-state index < -0.39 is 10.5 Å². The number of fused-ring (bicyclic) bond motifs is 1. The maximum Gasteiger partial charge on any atom is 0.287 e. The van der Waals surface area contributed by atoms with Crippen LogP contribution in [-0.4, -0.2) is 19.5 Å². The standard InChI is InChI=1S/C13H9ClN4O3/c14-9-5-8(18(20)21)6-17(13(9)19)7-12-15-10-3-1-2-4-11(10)16-12/h1-6H,7H2,(H,15,16). The van der Waals surface area contributed by atoms with Crippen molar-refractivity contribution in [2.24, 2.45) is 0 Å². The zero-order valence-electron chi connectivity index (χ0n) is 10.6. The van der Waals surface area contributed by atoms with Crippen LogP contribution in [0.4, 0.5) is 5.69 Å². The van der Waals surface area contributed by atoms with E-state index in [9.17, 15) is 14.9 Å². The van der Waals surface area contributed by atoms with E-state index in [4.69, 9.17) is 11.6 Å². The smallest absolute Gasteiger partial charge is 0.287 e. The SMILES string of the molecule is O=c1c(Cl)cc([N+](=O)[O-])cn1Cc1nc2ccccc2[nH]1. The highest BCUT2D eigenvalue weighted by atomic mass is 35.5. The molecule has 0 saturated heterocycles. The molecule has 0 atom stereocenters. The summed E-state index contributed by atoms with van der Waals surface area (Å²) in [7, 11) is 0. The quantitative estimate of drug-likeness (QED) is 0.593. The Hall–Kier alpha value is -2.67. The summed E-state index contributed by atoms with van der Waals surface area (Å²) in [6, 6.07) is 8.44. The Morgan fingerprint density at radius 1 is 1.38 bits per heavy atom. The summed E-state index contributed by atoms with van der Waals surface area (Å²) in [6.45, 7) is 0.0783. The van der Waals surface area contributed by atoms with Crippen molar-refractivity contribution in [2.45, 2.75) is 6.54 Å². The van der Waals surface area contributed by atoms with Crippen LogP contribution in [0.2, 0.25) is 5.02 Å². The lowest BCUT2D eigenvalue weighted by atomic mass is 10.3. The fourth-order valence-corrected chi connectivity index (χ4v) is 2.26. The van der Waals surface area contributed by atoms with Gasteiger partial charge in [0.2, 0.25) is 0 Å². The monoisotopic (exact) mass is 304 g/mol. The van der Waals surface area contributed by atoms with Crippen molar-refractivity contribution in [3.63, 3.8) is 0 Å². The largest absolute Gasteiger partial charge is 0.340 e. The molecule has 0 aliphatic carbocycles. The number of halogens is 1. The second kappa shape index (κ2) is 5.02. The first kappa shape index (κ1) is 13.3. The molecule has 0 unspecified atom stereocenters. The van der Waals surface area contributed by atoms with Crippen LogP contribution >= 0.6 is 11.6 Å². The Labute approximate surface area is 123 Å². The van der Waals surface area contributed by atoms with Gasteiger partial charge in [-0.25, -0.2) is 4.98 Å². The first-order valence-electron chi connectivity index (χ1n) is 6.02. The number of hydrogen-bond donors (Lipinski definition) is 1. The van der Waals surface area contributed by atoms with Crippen molar-refractivity contribution in [1.29, 1.82) is 0 Å². The summed E-state index contributed by atoms with van der Waals surface area (Å²) >= 11 is 5.74. The molecule has 1 N–H and O–H groups in total. The molecular formula is C13H9ClN4O3. The molecule has 0 amide bonds. The molecule has 2 aromatic heterocycles. The van der Waals surface area contributed by atoms with E-state index in [0.717, 1.165) is 27.9 Å². The number of hydrogen-bond acceptors (Lipinski definition) is 4. The van der Waals surface area contributed by atoms with E-state index in [0.29, 0.717) is 5.82 Å². The van der Waals surface area contributed by atoms with Crippen LogP contribution in [-0.2, 0) is 6.54 Å². The van der Waals surface area contributed by atoms with Crippen LogP contribution in [0, 0.1) is 10.1 Å². The normalized spacial score (nSPS) is 10.9. The second-order valence-corrected chi connectivity index (χ2v) is 4.84. The average Bonchev–Trinajstić information content (AvgIpc) is 2.85. The molecule has 7 nitrogen and oxygen atoms in total. The number of aromatic amines is 1. The molecule has 0 aliphatic rings. The number of H-pyrrole nitrogens is 1. The number of pyridine rings is 1. The Morgan fingerprint density at radius 3 is 2.86 bits per heavy atom. The van der Waals surface area contributed by atoms with Gasteiger partial charge in [0.1, 0.15) is 10.8 Å². The van der Waals surface area contributed by atoms with E-state index in [1.54, 1.807) is 0 Å². The van der Waals surface area contributed by atoms with Crippen LogP contribution in [0.25, 0.3) is 11.0 Å². The number of nitrogens with zero attached hydrogens (tertiary/aromatic N) is 3. The third kappa shape index (κ3) is 2.50. The molecular weight excluding hydrogens is 296 g/mol. The molecule has 1 aromatic carbocycles. The Balaban J connectivity index is 2.04. The highest BCUT2D eigenvalue weighted by molar-refractivity contribution is 6.30. The molecule has 8 heteroatoms. The molecule has 0 fully saturated rings. The van der Waals surface area contributed by atoms with Crippen molar-refractivity contribution < 1.29 is 4.92 Å². The van der Waals surface area contributed by atoms with Crippen LogP contribution < -0.4 is 5.56 Å². The summed E-state index contributed by atoms with van der Waals surface area (Å²) < 4.78 is 1.16. The molecule has 0 aliphatic heterocycles. The van der Waals surface area contributed by atoms with E-state index >= 15 is 0 Å². The van der Waals surface area contributed by atoms with Gasteiger partial charge in [0, 0.05) is 6.07 Å². The minimum Gasteiger partial charge on any atom is -0.340 e. The van der Waals surface area contributed by atoms with Crippen LogP contribution in [0.15, 0.2) is 41.3 Å². The fraction of sp³-hybridized carbons (Fsp3) is 0.0769. The van der Waals surface area contributed by atoms with E-state index in [1.165, 1.54) is 0 Å². The van der Waals surface area contributed by atoms with Crippen LogP contribution in [0.3, 0.4) is 0 Å². The Bertz CT molecular complexity index is 867. The summed E-state index contributed by atoms with van der Waals surface area (Å²) in [6.07, 6.45) is 1.15. The molecule has 0 bridgehead atoms. The lowest BCUT2D eigenvalue weighted by molar-refractivity contribution is -0.385. The van der Waals surface area contributed by atoms with Gasteiger partial charge < -0.3 is 4.98 Å². The predicted octanol–water partition coefficient (Wildman–Crippen LogP) is 2.33. The van der Waals surface area contributed by atoms with Gasteiger partial charge in [0.05, 0.1) is 28.7 Å². The van der Waals surface area contributed by atoms with Crippen molar-refractivity contribution >= 4 is 28.3 Å². The number of nitro groups is 1. The van der Waals surface area contributed by atoms with Gasteiger partial charge in [-0.3, -0.25) is 19.5 Å². The van der Waals surface area contributed by atoms with Gasteiger partial charge in [0.25, 0.3) is 11.2 Å². The van der Waals surface area contributed by atoms with Crippen molar-refractivity contribution in [3.05, 3.63) is 67.8 Å². The zero-order valence-corrected chi connectivity index (χ0v) is 11.4. The molecule has 3 aromatic rings. The lowest BCUT2D eigenvalue weighted by Crippen LogP contribution is -2.21. The first-order chi connectivity index (χ1) is 10.0. The molecule has 106 valence electrons. The van der Waals surface area contributed by atoms with E-state index in [2.05, 4.69) is 9.97 Å². The van der Waals surface area contributed by atoms with Gasteiger partial charge in [-0.15, -0.1) is 0 Å². The van der Waals surface area contributed by atoms with Crippen molar-refractivity contribution in [1.82, 2.24) is 14.5 Å². The summed E-state index contributed by atoms with van der Waals surface area (Å²) in [5.74, 6) is 0.523. The molecule has 21 heavy (non-hydrogen) atoms. The lowest BCUT2D eigenvalue weighted by Gasteiger charge is -2.03. The van der Waals surface area contributed by atoms with E-state index in [-0.39, 0.29) is 17.3 Å². The van der Waals surface area contributed by atoms with Crippen molar-refractivity contribution in [3.8, 4) is 0 Å². The van der Waals surface area contributed by atoms with Gasteiger partial charge in [-0.1, -0.05) is 23.7 Å². The predicted molar refractivity (Wildman–Crippen MR) is 77.6 cm³/mol. The summed E-state index contributed by atoms with van der Waals surface area (Å²) in [4.78, 5) is 29.5. The third-order valence-electron chi connectivity index (χ3n) is 3.00. The molecule has 0 saturated carbocycles. The maximum absolute atomic E-state index is 11.9. The topological polar surface area (TPSA) is 93.8 Å². The summed E-state index contributed by atoms with van der Waals surface area (Å²) in [5.41, 5.74) is 0.854. The highest BCUT2D eigenvalue weighted by Crippen LogP contribution is 2.15. The molecule has 2 heterocycles. The average molecular weight is 305 g/mol. The minimum absolute atomic E-state index is 0.0783. The van der Waals surface area contributed by atoms with Crippen molar-refractivity contribution in [2.75, 3.05) is 0 Å². The fourth-order valence-electron chi connectivity index (χ4n) is 2.04. The molecule has 0 radical (unpaired) electrons. The first-order valence-corrected chi connectivity index (χ1v) is 6.40. The zero-order chi connectivity index (χ0) is 15.0. The van der Waals surface area contributed by atoms with Gasteiger partial charge in [-0.2, -0.15) is 0 Å². The van der Waals surface area contributed by atoms with Crippen LogP contribution in [0.5, 0.6) is 0 Å². The number of aromatic nitrogens is 3.